The van der Waals surface area contributed by atoms with Gasteiger partial charge in [-0.05, 0) is 84.8 Å². The zero-order valence-corrected chi connectivity index (χ0v) is 20.6. The molecule has 1 saturated heterocycles. The number of benzene rings is 2. The summed E-state index contributed by atoms with van der Waals surface area (Å²) >= 11 is 0. The fraction of sp³-hybridized carbons (Fsp3) is 0.267. The highest BCUT2D eigenvalue weighted by molar-refractivity contribution is 5.89. The molecule has 0 bridgehead atoms. The Morgan fingerprint density at radius 3 is 2.57 bits per heavy atom. The molecule has 2 aromatic heterocycles. The second-order valence-corrected chi connectivity index (χ2v) is 9.63. The standard InChI is InChI=1S/C30H28F2N4O/c1-2-37-25-6-3-19(4-7-25)23-16-24-15-22(11-14-36(24)18-23)30-28(20-9-12-33-13-10-20)29(34-35-30)21-5-8-26(31)27(32)17-21/h3-10,12-13,15,17,23-24H,2,11,14,16,18H2,1H3,(H,34,35)/t23-,24-/m1/s1. The van der Waals surface area contributed by atoms with Crippen molar-refractivity contribution >= 4 is 5.57 Å². The number of ether oxygens (including phenoxy) is 1. The largest absolute Gasteiger partial charge is 0.494 e. The Balaban J connectivity index is 1.33. The first-order valence-corrected chi connectivity index (χ1v) is 12.7. The van der Waals surface area contributed by atoms with E-state index >= 15 is 0 Å². The van der Waals surface area contributed by atoms with Crippen LogP contribution in [0.2, 0.25) is 0 Å². The molecule has 0 amide bonds. The number of fused-ring (bicyclic) bond motifs is 1. The maximum absolute atomic E-state index is 14.1. The molecule has 2 aliphatic rings. The highest BCUT2D eigenvalue weighted by atomic mass is 19.2. The summed E-state index contributed by atoms with van der Waals surface area (Å²) in [5, 5.41) is 7.81. The van der Waals surface area contributed by atoms with Gasteiger partial charge in [-0.25, -0.2) is 8.78 Å². The van der Waals surface area contributed by atoms with Gasteiger partial charge in [0.15, 0.2) is 11.6 Å². The number of aromatic amines is 1. The predicted octanol–water partition coefficient (Wildman–Crippen LogP) is 6.46. The maximum atomic E-state index is 14.1. The van der Waals surface area contributed by atoms with Crippen LogP contribution < -0.4 is 4.74 Å². The van der Waals surface area contributed by atoms with Gasteiger partial charge in [-0.15, -0.1) is 0 Å². The molecule has 2 atom stereocenters. The summed E-state index contributed by atoms with van der Waals surface area (Å²) in [4.78, 5) is 6.70. The van der Waals surface area contributed by atoms with Crippen LogP contribution in [-0.4, -0.2) is 45.8 Å². The summed E-state index contributed by atoms with van der Waals surface area (Å²) in [6.07, 6.45) is 7.74. The number of H-pyrrole nitrogens is 1. The number of aromatic nitrogens is 3. The molecule has 1 N–H and O–H groups in total. The zero-order chi connectivity index (χ0) is 25.4. The van der Waals surface area contributed by atoms with Gasteiger partial charge < -0.3 is 4.74 Å². The van der Waals surface area contributed by atoms with Crippen molar-refractivity contribution < 1.29 is 13.5 Å². The second kappa shape index (κ2) is 9.90. The summed E-state index contributed by atoms with van der Waals surface area (Å²) in [5.74, 6) is -0.385. The minimum atomic E-state index is -0.887. The van der Waals surface area contributed by atoms with Crippen molar-refractivity contribution in [3.8, 4) is 28.1 Å². The lowest BCUT2D eigenvalue weighted by Crippen LogP contribution is -2.32. The van der Waals surface area contributed by atoms with Crippen molar-refractivity contribution in [2.24, 2.45) is 0 Å². The Hall–Kier alpha value is -3.84. The highest BCUT2D eigenvalue weighted by Gasteiger charge is 2.35. The van der Waals surface area contributed by atoms with Crippen molar-refractivity contribution in [2.45, 2.75) is 31.7 Å². The van der Waals surface area contributed by atoms with Crippen LogP contribution in [0.25, 0.3) is 28.0 Å². The van der Waals surface area contributed by atoms with Gasteiger partial charge in [0, 0.05) is 42.7 Å². The fourth-order valence-electron chi connectivity index (χ4n) is 5.62. The van der Waals surface area contributed by atoms with E-state index in [0.29, 0.717) is 29.8 Å². The summed E-state index contributed by atoms with van der Waals surface area (Å²) in [7, 11) is 0. The van der Waals surface area contributed by atoms with Crippen LogP contribution in [0.15, 0.2) is 73.1 Å². The minimum Gasteiger partial charge on any atom is -0.494 e. The van der Waals surface area contributed by atoms with Crippen molar-refractivity contribution in [2.75, 3.05) is 19.7 Å². The van der Waals surface area contributed by atoms with E-state index in [1.807, 2.05) is 19.1 Å². The van der Waals surface area contributed by atoms with Crippen LogP contribution in [-0.2, 0) is 0 Å². The van der Waals surface area contributed by atoms with Gasteiger partial charge in [0.25, 0.3) is 0 Å². The minimum absolute atomic E-state index is 0.334. The Kier molecular flexibility index (Phi) is 6.30. The molecule has 2 aromatic carbocycles. The van der Waals surface area contributed by atoms with E-state index in [9.17, 15) is 8.78 Å². The third kappa shape index (κ3) is 4.55. The van der Waals surface area contributed by atoms with Crippen LogP contribution in [0.5, 0.6) is 5.75 Å². The molecule has 0 spiro atoms. The number of nitrogens with one attached hydrogen (secondary N) is 1. The molecule has 37 heavy (non-hydrogen) atoms. The quantitative estimate of drug-likeness (QED) is 0.331. The van der Waals surface area contributed by atoms with Crippen LogP contribution >= 0.6 is 0 Å². The molecule has 6 rings (SSSR count). The van der Waals surface area contributed by atoms with Crippen LogP contribution in [0, 0.1) is 11.6 Å². The number of pyridine rings is 1. The van der Waals surface area contributed by atoms with Gasteiger partial charge in [-0.2, -0.15) is 5.10 Å². The van der Waals surface area contributed by atoms with E-state index in [0.717, 1.165) is 54.6 Å². The first-order chi connectivity index (χ1) is 18.1. The lowest BCUT2D eigenvalue weighted by atomic mass is 9.91. The van der Waals surface area contributed by atoms with E-state index in [-0.39, 0.29) is 0 Å². The molecule has 4 heterocycles. The molecule has 0 unspecified atom stereocenters. The third-order valence-electron chi connectivity index (χ3n) is 7.42. The maximum Gasteiger partial charge on any atom is 0.159 e. The lowest BCUT2D eigenvalue weighted by Gasteiger charge is -2.28. The third-order valence-corrected chi connectivity index (χ3v) is 7.42. The average Bonchev–Trinajstić information content (AvgIpc) is 3.56. The smallest absolute Gasteiger partial charge is 0.159 e. The van der Waals surface area contributed by atoms with Gasteiger partial charge in [0.05, 0.1) is 12.3 Å². The predicted molar refractivity (Wildman–Crippen MR) is 140 cm³/mol. The second-order valence-electron chi connectivity index (χ2n) is 9.63. The number of rotatable bonds is 6. The van der Waals surface area contributed by atoms with Gasteiger partial charge >= 0.3 is 0 Å². The topological polar surface area (TPSA) is 54.0 Å². The van der Waals surface area contributed by atoms with E-state index in [1.54, 1.807) is 18.5 Å². The monoisotopic (exact) mass is 498 g/mol. The molecule has 7 heteroatoms. The van der Waals surface area contributed by atoms with E-state index in [4.69, 9.17) is 4.74 Å². The van der Waals surface area contributed by atoms with Crippen molar-refractivity contribution in [3.05, 3.63) is 96.0 Å². The molecule has 0 aliphatic carbocycles. The molecule has 1 fully saturated rings. The number of hydrogen-bond acceptors (Lipinski definition) is 4. The molecular formula is C30H28F2N4O. The first-order valence-electron chi connectivity index (χ1n) is 12.7. The van der Waals surface area contributed by atoms with Gasteiger partial charge in [0.2, 0.25) is 0 Å². The Bertz CT molecular complexity index is 1430. The number of nitrogens with zero attached hydrogens (tertiary/aromatic N) is 3. The first kappa shape index (κ1) is 23.6. The normalized spacial score (nSPS) is 19.5. The van der Waals surface area contributed by atoms with Gasteiger partial charge in [-0.3, -0.25) is 15.0 Å². The molecule has 4 aromatic rings. The Morgan fingerprint density at radius 1 is 1.00 bits per heavy atom. The lowest BCUT2D eigenvalue weighted by molar-refractivity contribution is 0.285. The van der Waals surface area contributed by atoms with Crippen molar-refractivity contribution in [1.82, 2.24) is 20.1 Å². The fourth-order valence-corrected chi connectivity index (χ4v) is 5.62. The summed E-state index contributed by atoms with van der Waals surface area (Å²) in [5.41, 5.74) is 6.41. The Labute approximate surface area is 214 Å². The molecule has 0 saturated carbocycles. The molecule has 0 radical (unpaired) electrons. The van der Waals surface area contributed by atoms with Gasteiger partial charge in [0.1, 0.15) is 11.4 Å². The van der Waals surface area contributed by atoms with Gasteiger partial charge in [-0.1, -0.05) is 18.2 Å². The number of hydrogen-bond donors (Lipinski definition) is 1. The van der Waals surface area contributed by atoms with Crippen LogP contribution in [0.3, 0.4) is 0 Å². The van der Waals surface area contributed by atoms with E-state index in [2.05, 4.69) is 50.4 Å². The van der Waals surface area contributed by atoms with Crippen molar-refractivity contribution in [3.63, 3.8) is 0 Å². The van der Waals surface area contributed by atoms with Crippen LogP contribution in [0.4, 0.5) is 8.78 Å². The molecule has 2 aliphatic heterocycles. The average molecular weight is 499 g/mol. The highest BCUT2D eigenvalue weighted by Crippen LogP contribution is 2.42. The summed E-state index contributed by atoms with van der Waals surface area (Å²) in [6, 6.07) is 16.6. The van der Waals surface area contributed by atoms with E-state index in [1.165, 1.54) is 17.2 Å². The summed E-state index contributed by atoms with van der Waals surface area (Å²) in [6.45, 7) is 4.65. The van der Waals surface area contributed by atoms with E-state index < -0.39 is 11.6 Å². The Morgan fingerprint density at radius 2 is 1.81 bits per heavy atom. The SMILES string of the molecule is CCOc1ccc([C@@H]2C[C@H]3C=C(c4[nH]nc(-c5ccc(F)c(F)c5)c4-c4ccncc4)CCN3C2)cc1. The zero-order valence-electron chi connectivity index (χ0n) is 20.6. The molecular weight excluding hydrogens is 470 g/mol. The van der Waals surface area contributed by atoms with Crippen molar-refractivity contribution in [1.29, 1.82) is 0 Å². The van der Waals surface area contributed by atoms with Crippen LogP contribution in [0.1, 0.15) is 36.9 Å². The molecule has 5 nitrogen and oxygen atoms in total. The molecule has 188 valence electrons. The summed E-state index contributed by atoms with van der Waals surface area (Å²) < 4.78 is 33.3. The number of halogens is 2.